The van der Waals surface area contributed by atoms with Crippen molar-refractivity contribution in [1.82, 2.24) is 4.98 Å². The maximum atomic E-state index is 13.3. The molecule has 1 aromatic heterocycles. The highest BCUT2D eigenvalue weighted by Gasteiger charge is 2.33. The van der Waals surface area contributed by atoms with Gasteiger partial charge in [-0.1, -0.05) is 31.5 Å². The maximum Gasteiger partial charge on any atom is 0.433 e. The van der Waals surface area contributed by atoms with E-state index in [0.717, 1.165) is 18.1 Å². The largest absolute Gasteiger partial charge is 0.496 e. The van der Waals surface area contributed by atoms with E-state index < -0.39 is 17.8 Å². The summed E-state index contributed by atoms with van der Waals surface area (Å²) in [6.45, 7) is 2.18. The van der Waals surface area contributed by atoms with Crippen molar-refractivity contribution in [1.29, 1.82) is 0 Å². The van der Waals surface area contributed by atoms with Crippen molar-refractivity contribution in [3.63, 3.8) is 0 Å². The number of carbonyl (C=O) groups is 1. The number of carboxylic acids is 1. The molecule has 0 spiro atoms. The van der Waals surface area contributed by atoms with Crippen LogP contribution in [-0.2, 0) is 24.2 Å². The van der Waals surface area contributed by atoms with Gasteiger partial charge in [0.1, 0.15) is 42.0 Å². The number of hydrogen-bond acceptors (Lipinski definition) is 5. The Morgan fingerprint density at radius 1 is 0.929 bits per heavy atom. The summed E-state index contributed by atoms with van der Waals surface area (Å²) < 4.78 is 70.0. The summed E-state index contributed by atoms with van der Waals surface area (Å²) in [4.78, 5) is 15.6. The number of unbranched alkanes of at least 4 members (excludes halogenated alkanes) is 1. The number of hydrogen-bond donors (Lipinski definition) is 1. The summed E-state index contributed by atoms with van der Waals surface area (Å²) in [5.74, 6) is -0.514. The molecular weight excluding hydrogens is 554 g/mol. The van der Waals surface area contributed by atoms with Crippen molar-refractivity contribution in [2.75, 3.05) is 7.11 Å². The second-order valence-electron chi connectivity index (χ2n) is 9.54. The van der Waals surface area contributed by atoms with Crippen LogP contribution in [-0.4, -0.2) is 23.2 Å². The van der Waals surface area contributed by atoms with E-state index in [-0.39, 0.29) is 35.9 Å². The zero-order valence-corrected chi connectivity index (χ0v) is 23.0. The number of alkyl halides is 3. The van der Waals surface area contributed by atoms with Crippen LogP contribution in [0, 0.1) is 5.82 Å². The number of rotatable bonds is 12. The zero-order valence-electron chi connectivity index (χ0n) is 23.0. The summed E-state index contributed by atoms with van der Waals surface area (Å²) >= 11 is 0. The fourth-order valence-corrected chi connectivity index (χ4v) is 4.21. The van der Waals surface area contributed by atoms with Crippen LogP contribution in [0.4, 0.5) is 17.6 Å². The number of methoxy groups -OCH3 is 1. The van der Waals surface area contributed by atoms with Gasteiger partial charge in [-0.2, -0.15) is 13.2 Å². The van der Waals surface area contributed by atoms with E-state index in [0.29, 0.717) is 40.9 Å². The van der Waals surface area contributed by atoms with Crippen molar-refractivity contribution in [3.05, 3.63) is 101 Å². The Kier molecular flexibility index (Phi) is 9.67. The Morgan fingerprint density at radius 3 is 2.31 bits per heavy atom. The average Bonchev–Trinajstić information content (AvgIpc) is 2.97. The lowest BCUT2D eigenvalue weighted by Gasteiger charge is -2.14. The van der Waals surface area contributed by atoms with E-state index in [2.05, 4.69) is 4.98 Å². The van der Waals surface area contributed by atoms with Gasteiger partial charge in [0.2, 0.25) is 0 Å². The maximum absolute atomic E-state index is 13.3. The molecule has 1 N–H and O–H groups in total. The molecule has 0 aliphatic carbocycles. The lowest BCUT2D eigenvalue weighted by atomic mass is 10.0. The molecule has 4 rings (SSSR count). The zero-order chi connectivity index (χ0) is 30.3. The molecule has 0 fully saturated rings. The minimum atomic E-state index is -4.61. The second kappa shape index (κ2) is 13.4. The van der Waals surface area contributed by atoms with Gasteiger partial charge in [-0.05, 0) is 72.5 Å². The fraction of sp³-hybridized carbons (Fsp3) is 0.250. The molecule has 0 bridgehead atoms. The van der Waals surface area contributed by atoms with E-state index in [1.807, 2.05) is 6.92 Å². The summed E-state index contributed by atoms with van der Waals surface area (Å²) in [5, 5.41) is 10.1. The molecule has 0 atom stereocenters. The van der Waals surface area contributed by atoms with Gasteiger partial charge in [0.15, 0.2) is 0 Å². The van der Waals surface area contributed by atoms with Crippen LogP contribution in [0.15, 0.2) is 72.3 Å². The fourth-order valence-electron chi connectivity index (χ4n) is 4.21. The molecule has 10 heteroatoms. The molecule has 0 saturated carbocycles. The highest BCUT2D eigenvalue weighted by Crippen LogP contribution is 2.35. The minimum Gasteiger partial charge on any atom is -0.496 e. The van der Waals surface area contributed by atoms with Crippen molar-refractivity contribution >= 4 is 22.9 Å². The predicted octanol–water partition coefficient (Wildman–Crippen LogP) is 8.22. The molecule has 1 heterocycles. The quantitative estimate of drug-likeness (QED) is 0.134. The number of halogens is 4. The number of ether oxygens (including phenoxy) is 3. The molecule has 0 amide bonds. The van der Waals surface area contributed by atoms with Crippen LogP contribution in [0.5, 0.6) is 17.2 Å². The van der Waals surface area contributed by atoms with Crippen molar-refractivity contribution in [2.24, 2.45) is 0 Å². The first kappa shape index (κ1) is 30.4. The van der Waals surface area contributed by atoms with Gasteiger partial charge in [0, 0.05) is 22.6 Å². The van der Waals surface area contributed by atoms with E-state index in [1.165, 1.54) is 25.3 Å². The lowest BCUT2D eigenvalue weighted by molar-refractivity contribution is -0.141. The van der Waals surface area contributed by atoms with E-state index in [4.69, 9.17) is 14.2 Å². The van der Waals surface area contributed by atoms with E-state index in [1.54, 1.807) is 48.5 Å². The third kappa shape index (κ3) is 7.78. The highest BCUT2D eigenvalue weighted by atomic mass is 19.4. The number of fused-ring (bicyclic) bond motifs is 1. The van der Waals surface area contributed by atoms with Crippen molar-refractivity contribution in [2.45, 2.75) is 45.6 Å². The average molecular weight is 584 g/mol. The molecule has 0 unspecified atom stereocenters. The van der Waals surface area contributed by atoms with Gasteiger partial charge in [0.05, 0.1) is 12.6 Å². The lowest BCUT2D eigenvalue weighted by Crippen LogP contribution is -2.08. The molecule has 0 aliphatic rings. The summed E-state index contributed by atoms with van der Waals surface area (Å²) in [5.41, 5.74) is 1.19. The molecule has 0 saturated heterocycles. The summed E-state index contributed by atoms with van der Waals surface area (Å²) in [7, 11) is 1.29. The van der Waals surface area contributed by atoms with E-state index >= 15 is 0 Å². The smallest absolute Gasteiger partial charge is 0.433 e. The number of aliphatic carboxylic acids is 1. The molecule has 42 heavy (non-hydrogen) atoms. The molecular formula is C32H29F4NO5. The number of nitrogens with zero attached hydrogens (tertiary/aromatic N) is 1. The van der Waals surface area contributed by atoms with Crippen LogP contribution >= 0.6 is 0 Å². The van der Waals surface area contributed by atoms with Crippen molar-refractivity contribution in [3.8, 4) is 17.2 Å². The summed E-state index contributed by atoms with van der Waals surface area (Å²) in [6, 6.07) is 16.4. The van der Waals surface area contributed by atoms with Crippen LogP contribution in [0.3, 0.4) is 0 Å². The number of benzene rings is 3. The normalized spacial score (nSPS) is 11.9. The number of pyridine rings is 1. The van der Waals surface area contributed by atoms with Crippen LogP contribution in [0.25, 0.3) is 17.0 Å². The standard InChI is InChI=1S/C32H29F4NO5/c1-3-4-5-22(31(38)39)15-23-16-25(11-13-28(23)42-18-20-6-9-24(33)10-7-20)41-19-21-8-12-27-26(14-21)29(40-2)17-30(37-27)32(34,35)36/h6-17H,3-5,18-19H2,1-2H3,(H,38,39)/b22-15+. The summed E-state index contributed by atoms with van der Waals surface area (Å²) in [6.07, 6.45) is -1.16. The molecule has 3 aromatic carbocycles. The second-order valence-corrected chi connectivity index (χ2v) is 9.54. The Bertz CT molecular complexity index is 1580. The Morgan fingerprint density at radius 2 is 1.64 bits per heavy atom. The SMILES string of the molecule is CCCC/C(=C\c1cc(OCc2ccc3nc(C(F)(F)F)cc(OC)c3c2)ccc1OCc1ccc(F)cc1)C(=O)O. The van der Waals surface area contributed by atoms with Crippen LogP contribution < -0.4 is 14.2 Å². The first-order valence-corrected chi connectivity index (χ1v) is 13.2. The molecule has 0 radical (unpaired) electrons. The van der Waals surface area contributed by atoms with Gasteiger partial charge in [-0.15, -0.1) is 0 Å². The Labute approximate surface area is 240 Å². The highest BCUT2D eigenvalue weighted by molar-refractivity contribution is 5.92. The third-order valence-corrected chi connectivity index (χ3v) is 6.44. The van der Waals surface area contributed by atoms with Gasteiger partial charge in [-0.25, -0.2) is 14.2 Å². The molecule has 220 valence electrons. The van der Waals surface area contributed by atoms with Gasteiger partial charge in [0.25, 0.3) is 0 Å². The number of carboxylic acid groups (broad SMARTS) is 1. The van der Waals surface area contributed by atoms with Crippen molar-refractivity contribution < 1.29 is 41.7 Å². The van der Waals surface area contributed by atoms with Crippen LogP contribution in [0.2, 0.25) is 0 Å². The topological polar surface area (TPSA) is 77.9 Å². The van der Waals surface area contributed by atoms with E-state index in [9.17, 15) is 27.5 Å². The van der Waals surface area contributed by atoms with Crippen LogP contribution in [0.1, 0.15) is 48.6 Å². The van der Waals surface area contributed by atoms with Gasteiger partial charge in [-0.3, -0.25) is 0 Å². The Balaban J connectivity index is 1.60. The number of aromatic nitrogens is 1. The van der Waals surface area contributed by atoms with Gasteiger partial charge >= 0.3 is 12.1 Å². The Hall–Kier alpha value is -4.60. The first-order valence-electron chi connectivity index (χ1n) is 13.2. The first-order chi connectivity index (χ1) is 20.1. The molecule has 4 aromatic rings. The minimum absolute atomic E-state index is 0.0394. The predicted molar refractivity (Wildman–Crippen MR) is 150 cm³/mol. The monoisotopic (exact) mass is 583 g/mol. The molecule has 0 aliphatic heterocycles. The molecule has 6 nitrogen and oxygen atoms in total. The third-order valence-electron chi connectivity index (χ3n) is 6.44. The van der Waals surface area contributed by atoms with Gasteiger partial charge < -0.3 is 19.3 Å².